The van der Waals surface area contributed by atoms with Crippen molar-refractivity contribution in [1.29, 1.82) is 0 Å². The summed E-state index contributed by atoms with van der Waals surface area (Å²) in [6, 6.07) is 1.57. The Balaban J connectivity index is 2.01. The summed E-state index contributed by atoms with van der Waals surface area (Å²) in [5.74, 6) is -0.397. The number of nitrogens with zero attached hydrogens (tertiary/aromatic N) is 1. The van der Waals surface area contributed by atoms with Crippen molar-refractivity contribution in [1.82, 2.24) is 4.98 Å². The lowest BCUT2D eigenvalue weighted by molar-refractivity contribution is 0.0336. The summed E-state index contributed by atoms with van der Waals surface area (Å²) >= 11 is 1.46. The Labute approximate surface area is 90.5 Å². The van der Waals surface area contributed by atoms with Gasteiger partial charge in [-0.15, -0.1) is 11.3 Å². The second-order valence-electron chi connectivity index (χ2n) is 2.93. The summed E-state index contributed by atoms with van der Waals surface area (Å²) in [6.07, 6.45) is 4.15. The molecule has 0 aromatic carbocycles. The Hall–Kier alpha value is -1.62. The van der Waals surface area contributed by atoms with Crippen molar-refractivity contribution in [2.24, 2.45) is 0 Å². The first-order valence-corrected chi connectivity index (χ1v) is 5.28. The van der Waals surface area contributed by atoms with E-state index >= 15 is 0 Å². The second-order valence-corrected chi connectivity index (χ2v) is 3.86. The lowest BCUT2D eigenvalue weighted by Gasteiger charge is -2.08. The molecule has 2 aromatic heterocycles. The van der Waals surface area contributed by atoms with E-state index < -0.39 is 5.97 Å². The van der Waals surface area contributed by atoms with Crippen molar-refractivity contribution in [3.63, 3.8) is 0 Å². The van der Waals surface area contributed by atoms with Crippen LogP contribution in [0.25, 0.3) is 0 Å². The maximum Gasteiger partial charge on any atom is 0.342 e. The Morgan fingerprint density at radius 1 is 1.67 bits per heavy atom. The number of hydrogen-bond acceptors (Lipinski definition) is 5. The van der Waals surface area contributed by atoms with E-state index in [1.54, 1.807) is 19.2 Å². The van der Waals surface area contributed by atoms with Crippen molar-refractivity contribution in [3.8, 4) is 0 Å². The molecule has 0 fully saturated rings. The Kier molecular flexibility index (Phi) is 2.82. The fourth-order valence-corrected chi connectivity index (χ4v) is 1.72. The molecule has 0 aliphatic rings. The Morgan fingerprint density at radius 3 is 3.13 bits per heavy atom. The number of carbonyl (C=O) groups excluding carboxylic acids is 1. The fraction of sp³-hybridized carbons (Fsp3) is 0.200. The minimum absolute atomic E-state index is 0.326. The number of hydrogen-bond donors (Lipinski definition) is 0. The van der Waals surface area contributed by atoms with Gasteiger partial charge in [0, 0.05) is 11.6 Å². The Morgan fingerprint density at radius 2 is 2.53 bits per heavy atom. The van der Waals surface area contributed by atoms with E-state index in [0.29, 0.717) is 5.56 Å². The van der Waals surface area contributed by atoms with Gasteiger partial charge in [-0.2, -0.15) is 0 Å². The van der Waals surface area contributed by atoms with Gasteiger partial charge in [-0.1, -0.05) is 0 Å². The minimum atomic E-state index is -0.397. The molecular weight excluding hydrogens is 214 g/mol. The lowest BCUT2D eigenvalue weighted by atomic mass is 10.3. The van der Waals surface area contributed by atoms with E-state index in [0.717, 1.165) is 5.01 Å². The second kappa shape index (κ2) is 4.27. The quantitative estimate of drug-likeness (QED) is 0.750. The van der Waals surface area contributed by atoms with Crippen LogP contribution >= 0.6 is 11.3 Å². The number of furan rings is 1. The highest BCUT2D eigenvalue weighted by Gasteiger charge is 2.15. The molecule has 2 heterocycles. The van der Waals surface area contributed by atoms with E-state index in [-0.39, 0.29) is 6.10 Å². The molecule has 0 saturated carbocycles. The molecular formula is C10H9NO3S. The first-order valence-electron chi connectivity index (χ1n) is 4.40. The predicted molar refractivity (Wildman–Crippen MR) is 54.7 cm³/mol. The average molecular weight is 223 g/mol. The van der Waals surface area contributed by atoms with Crippen LogP contribution in [0.5, 0.6) is 0 Å². The number of carbonyl (C=O) groups is 1. The monoisotopic (exact) mass is 223 g/mol. The van der Waals surface area contributed by atoms with Gasteiger partial charge in [-0.3, -0.25) is 0 Å². The molecule has 0 bridgehead atoms. The number of thiazole rings is 1. The van der Waals surface area contributed by atoms with Crippen LogP contribution in [0.2, 0.25) is 0 Å². The van der Waals surface area contributed by atoms with E-state index in [1.165, 1.54) is 23.9 Å². The van der Waals surface area contributed by atoms with Crippen LogP contribution in [-0.2, 0) is 4.74 Å². The standard InChI is InChI=1S/C10H9NO3S/c1-7(9-11-3-5-15-9)14-10(12)8-2-4-13-6-8/h2-7H,1H3/t7-/m0/s1. The van der Waals surface area contributed by atoms with Crippen LogP contribution in [-0.4, -0.2) is 11.0 Å². The molecule has 0 aliphatic heterocycles. The fourth-order valence-electron chi connectivity index (χ4n) is 1.09. The molecule has 0 unspecified atom stereocenters. The molecule has 4 nitrogen and oxygen atoms in total. The van der Waals surface area contributed by atoms with Crippen LogP contribution in [0.1, 0.15) is 28.4 Å². The van der Waals surface area contributed by atoms with E-state index in [4.69, 9.17) is 9.15 Å². The molecule has 78 valence electrons. The van der Waals surface area contributed by atoms with Crippen LogP contribution < -0.4 is 0 Å². The zero-order valence-electron chi connectivity index (χ0n) is 8.04. The molecule has 0 spiro atoms. The summed E-state index contributed by atoms with van der Waals surface area (Å²) in [7, 11) is 0. The third-order valence-corrected chi connectivity index (χ3v) is 2.78. The third kappa shape index (κ3) is 2.24. The Bertz CT molecular complexity index is 421. The SMILES string of the molecule is C[C@H](OC(=O)c1ccoc1)c1nccs1. The zero-order chi connectivity index (χ0) is 10.7. The maximum atomic E-state index is 11.5. The van der Waals surface area contributed by atoms with Crippen LogP contribution in [0.15, 0.2) is 34.6 Å². The van der Waals surface area contributed by atoms with E-state index in [2.05, 4.69) is 4.98 Å². The van der Waals surface area contributed by atoms with Crippen molar-refractivity contribution in [3.05, 3.63) is 40.7 Å². The van der Waals surface area contributed by atoms with E-state index in [1.807, 2.05) is 5.38 Å². The smallest absolute Gasteiger partial charge is 0.342 e. The molecule has 0 aliphatic carbocycles. The number of aromatic nitrogens is 1. The van der Waals surface area contributed by atoms with Gasteiger partial charge in [0.15, 0.2) is 6.10 Å². The van der Waals surface area contributed by atoms with Gasteiger partial charge >= 0.3 is 5.97 Å². The van der Waals surface area contributed by atoms with Gasteiger partial charge in [-0.25, -0.2) is 9.78 Å². The van der Waals surface area contributed by atoms with Crippen molar-refractivity contribution in [2.75, 3.05) is 0 Å². The number of esters is 1. The normalized spacial score (nSPS) is 12.3. The van der Waals surface area contributed by atoms with Crippen molar-refractivity contribution >= 4 is 17.3 Å². The summed E-state index contributed by atoms with van der Waals surface area (Å²) in [4.78, 5) is 15.6. The maximum absolute atomic E-state index is 11.5. The first kappa shape index (κ1) is 9.92. The number of rotatable bonds is 3. The molecule has 2 rings (SSSR count). The first-order chi connectivity index (χ1) is 7.27. The molecule has 15 heavy (non-hydrogen) atoms. The topological polar surface area (TPSA) is 52.3 Å². The molecule has 0 radical (unpaired) electrons. The predicted octanol–water partition coefficient (Wildman–Crippen LogP) is 2.65. The molecule has 2 aromatic rings. The highest BCUT2D eigenvalue weighted by molar-refractivity contribution is 7.09. The summed E-state index contributed by atoms with van der Waals surface area (Å²) in [6.45, 7) is 1.79. The van der Waals surface area contributed by atoms with Gasteiger partial charge in [0.05, 0.1) is 11.8 Å². The molecule has 0 N–H and O–H groups in total. The van der Waals surface area contributed by atoms with Crippen LogP contribution in [0, 0.1) is 0 Å². The molecule has 0 amide bonds. The van der Waals surface area contributed by atoms with Crippen molar-refractivity contribution in [2.45, 2.75) is 13.0 Å². The van der Waals surface area contributed by atoms with Gasteiger partial charge in [0.2, 0.25) is 0 Å². The van der Waals surface area contributed by atoms with Crippen LogP contribution in [0.4, 0.5) is 0 Å². The molecule has 1 atom stereocenters. The molecule has 5 heteroatoms. The summed E-state index contributed by atoms with van der Waals surface area (Å²) in [5.41, 5.74) is 0.415. The van der Waals surface area contributed by atoms with Crippen molar-refractivity contribution < 1.29 is 13.9 Å². The van der Waals surface area contributed by atoms with Gasteiger partial charge in [0.25, 0.3) is 0 Å². The zero-order valence-corrected chi connectivity index (χ0v) is 8.86. The largest absolute Gasteiger partial charge is 0.472 e. The van der Waals surface area contributed by atoms with E-state index in [9.17, 15) is 4.79 Å². The summed E-state index contributed by atoms with van der Waals surface area (Å²) in [5, 5.41) is 2.63. The lowest BCUT2D eigenvalue weighted by Crippen LogP contribution is -2.07. The van der Waals surface area contributed by atoms with Gasteiger partial charge in [0.1, 0.15) is 11.3 Å². The van der Waals surface area contributed by atoms with Crippen LogP contribution in [0.3, 0.4) is 0 Å². The van der Waals surface area contributed by atoms with Gasteiger partial charge < -0.3 is 9.15 Å². The molecule has 0 saturated heterocycles. The third-order valence-electron chi connectivity index (χ3n) is 1.84. The minimum Gasteiger partial charge on any atom is -0.472 e. The number of ether oxygens (including phenoxy) is 1. The highest BCUT2D eigenvalue weighted by Crippen LogP contribution is 2.20. The highest BCUT2D eigenvalue weighted by atomic mass is 32.1. The average Bonchev–Trinajstić information content (AvgIpc) is 2.91. The van der Waals surface area contributed by atoms with Gasteiger partial charge in [-0.05, 0) is 13.0 Å². The summed E-state index contributed by atoms with van der Waals surface area (Å²) < 4.78 is 9.98.